The number of esters is 2. The molecule has 11 N–H and O–H groups in total. The number of nitrogens with two attached hydrogens (primary N) is 4. The van der Waals surface area contributed by atoms with Gasteiger partial charge in [0.2, 0.25) is 5.95 Å². The van der Waals surface area contributed by atoms with Crippen LogP contribution in [-0.2, 0) is 28.5 Å². The number of nitrogen functional groups attached to an aromatic ring is 2. The lowest BCUT2D eigenvalue weighted by Crippen LogP contribution is -2.41. The number of fused-ring (bicyclic) bond motifs is 2. The Morgan fingerprint density at radius 2 is 1.33 bits per heavy atom. The minimum absolute atomic E-state index is 0.0459. The summed E-state index contributed by atoms with van der Waals surface area (Å²) in [5.74, 6) is -0.968. The van der Waals surface area contributed by atoms with E-state index in [-0.39, 0.29) is 54.4 Å². The number of aromatic amines is 1. The second-order valence-corrected chi connectivity index (χ2v) is 12.9. The third-order valence-corrected chi connectivity index (χ3v) is 8.69. The molecule has 0 radical (unpaired) electrons. The molecule has 0 bridgehead atoms. The predicted octanol–water partition coefficient (Wildman–Crippen LogP) is -1.54. The van der Waals surface area contributed by atoms with E-state index in [1.807, 2.05) is 27.7 Å². The van der Waals surface area contributed by atoms with Crippen LogP contribution in [0.5, 0.6) is 0 Å². The van der Waals surface area contributed by atoms with E-state index in [9.17, 15) is 24.6 Å². The Kier molecular flexibility index (Phi) is 11.5. The summed E-state index contributed by atoms with van der Waals surface area (Å²) < 4.78 is 25.7. The Hall–Kier alpha value is -4.80. The average molecular weight is 717 g/mol. The van der Waals surface area contributed by atoms with E-state index in [4.69, 9.17) is 41.9 Å². The minimum atomic E-state index is -0.762. The molecule has 4 aromatic rings. The van der Waals surface area contributed by atoms with Gasteiger partial charge in [-0.05, 0) is 11.8 Å². The average Bonchev–Trinajstić information content (AvgIpc) is 3.89. The summed E-state index contributed by atoms with van der Waals surface area (Å²) >= 11 is 0. The van der Waals surface area contributed by atoms with Gasteiger partial charge in [0, 0.05) is 12.8 Å². The molecule has 6 heterocycles. The SMILES string of the molecule is CC(C)[C@H](N)C(=O)O[C@@H]1C[C@H](n2cnc3c(=O)[nH]c(N)nc32)O[C@@H]1CO.CC(C)[C@H](N)C(=O)O[C@@H]1C[C@H](n2cnc3c(N)ncnc32)O[C@@H]1CO. The largest absolute Gasteiger partial charge is 0.458 e. The van der Waals surface area contributed by atoms with Gasteiger partial charge in [0.15, 0.2) is 22.6 Å². The normalized spacial score (nSPS) is 24.5. The van der Waals surface area contributed by atoms with Crippen LogP contribution in [0.3, 0.4) is 0 Å². The lowest BCUT2D eigenvalue weighted by Gasteiger charge is -2.20. The molecule has 21 nitrogen and oxygen atoms in total. The molecule has 4 aromatic heterocycles. The fourth-order valence-electron chi connectivity index (χ4n) is 5.55. The molecule has 51 heavy (non-hydrogen) atoms. The van der Waals surface area contributed by atoms with Gasteiger partial charge in [-0.3, -0.25) is 28.5 Å². The molecule has 278 valence electrons. The summed E-state index contributed by atoms with van der Waals surface area (Å²) in [6, 6.07) is -1.48. The number of carbonyl (C=O) groups is 2. The molecule has 2 saturated heterocycles. The summed E-state index contributed by atoms with van der Waals surface area (Å²) in [4.78, 5) is 58.8. The van der Waals surface area contributed by atoms with E-state index in [1.165, 1.54) is 17.2 Å². The Morgan fingerprint density at radius 1 is 0.843 bits per heavy atom. The van der Waals surface area contributed by atoms with Crippen LogP contribution >= 0.6 is 0 Å². The fourth-order valence-corrected chi connectivity index (χ4v) is 5.55. The first-order chi connectivity index (χ1) is 24.2. The molecule has 0 amide bonds. The Morgan fingerprint density at radius 3 is 1.82 bits per heavy atom. The Balaban J connectivity index is 0.000000198. The first-order valence-corrected chi connectivity index (χ1v) is 16.3. The monoisotopic (exact) mass is 716 g/mol. The summed E-state index contributed by atoms with van der Waals surface area (Å²) in [6.45, 7) is 6.68. The number of hydrogen-bond acceptors (Lipinski definition) is 18. The van der Waals surface area contributed by atoms with Crippen molar-refractivity contribution in [3.05, 3.63) is 29.3 Å². The summed E-state index contributed by atoms with van der Waals surface area (Å²) in [6.07, 6.45) is 1.09. The van der Waals surface area contributed by atoms with Crippen molar-refractivity contribution in [2.24, 2.45) is 23.3 Å². The highest BCUT2D eigenvalue weighted by atomic mass is 16.6. The van der Waals surface area contributed by atoms with Crippen LogP contribution < -0.4 is 28.5 Å². The quantitative estimate of drug-likeness (QED) is 0.0914. The highest BCUT2D eigenvalue weighted by molar-refractivity contribution is 5.81. The zero-order chi connectivity index (χ0) is 37.1. The second-order valence-electron chi connectivity index (χ2n) is 12.9. The summed E-state index contributed by atoms with van der Waals surface area (Å²) in [7, 11) is 0. The molecule has 2 aliphatic rings. The highest BCUT2D eigenvalue weighted by Crippen LogP contribution is 2.34. The zero-order valence-corrected chi connectivity index (χ0v) is 28.5. The smallest absolute Gasteiger partial charge is 0.323 e. The van der Waals surface area contributed by atoms with Crippen LogP contribution in [0.4, 0.5) is 11.8 Å². The van der Waals surface area contributed by atoms with Crippen molar-refractivity contribution >= 4 is 46.0 Å². The molecule has 0 spiro atoms. The van der Waals surface area contributed by atoms with E-state index in [1.54, 1.807) is 10.9 Å². The van der Waals surface area contributed by atoms with Crippen LogP contribution in [-0.4, -0.2) is 111 Å². The molecule has 0 aromatic carbocycles. The lowest BCUT2D eigenvalue weighted by molar-refractivity contribution is -0.156. The lowest BCUT2D eigenvalue weighted by atomic mass is 10.1. The number of anilines is 2. The van der Waals surface area contributed by atoms with Crippen LogP contribution in [0.2, 0.25) is 0 Å². The van der Waals surface area contributed by atoms with Gasteiger partial charge in [-0.1, -0.05) is 27.7 Å². The van der Waals surface area contributed by atoms with Crippen molar-refractivity contribution in [1.82, 2.24) is 39.0 Å². The third-order valence-electron chi connectivity index (χ3n) is 8.69. The third kappa shape index (κ3) is 7.92. The van der Waals surface area contributed by atoms with Gasteiger partial charge >= 0.3 is 11.9 Å². The number of imidazole rings is 2. The number of nitrogens with one attached hydrogen (secondary N) is 1. The molecule has 0 unspecified atom stereocenters. The van der Waals surface area contributed by atoms with Crippen LogP contribution in [0, 0.1) is 11.8 Å². The fraction of sp³-hybridized carbons (Fsp3) is 0.600. The maximum Gasteiger partial charge on any atom is 0.323 e. The highest BCUT2D eigenvalue weighted by Gasteiger charge is 2.41. The van der Waals surface area contributed by atoms with E-state index >= 15 is 0 Å². The number of hydrogen-bond donors (Lipinski definition) is 7. The van der Waals surface area contributed by atoms with Crippen molar-refractivity contribution in [3.63, 3.8) is 0 Å². The Bertz CT molecular complexity index is 1890. The van der Waals surface area contributed by atoms with Crippen LogP contribution in [0.1, 0.15) is 53.0 Å². The molecular weight excluding hydrogens is 672 g/mol. The van der Waals surface area contributed by atoms with Crippen molar-refractivity contribution < 1.29 is 38.7 Å². The Labute approximate surface area is 290 Å². The minimum Gasteiger partial charge on any atom is -0.458 e. The van der Waals surface area contributed by atoms with E-state index in [0.29, 0.717) is 17.6 Å². The van der Waals surface area contributed by atoms with Crippen LogP contribution in [0.25, 0.3) is 22.3 Å². The second kappa shape index (κ2) is 15.6. The van der Waals surface area contributed by atoms with Gasteiger partial charge in [-0.2, -0.15) is 4.98 Å². The number of aliphatic hydroxyl groups excluding tert-OH is 2. The molecular formula is C30H44N12O9. The molecule has 21 heteroatoms. The van der Waals surface area contributed by atoms with Gasteiger partial charge in [0.25, 0.3) is 5.56 Å². The molecule has 0 saturated carbocycles. The maximum absolute atomic E-state index is 12.1. The summed E-state index contributed by atoms with van der Waals surface area (Å²) in [5, 5.41) is 19.1. The number of aromatic nitrogens is 8. The molecule has 0 aliphatic carbocycles. The van der Waals surface area contributed by atoms with E-state index in [2.05, 4.69) is 29.9 Å². The van der Waals surface area contributed by atoms with Crippen LogP contribution in [0.15, 0.2) is 23.8 Å². The molecule has 6 rings (SSSR count). The zero-order valence-electron chi connectivity index (χ0n) is 28.5. The van der Waals surface area contributed by atoms with Gasteiger partial charge in [0.05, 0.1) is 25.9 Å². The van der Waals surface area contributed by atoms with Gasteiger partial charge in [-0.25, -0.2) is 19.9 Å². The van der Waals surface area contributed by atoms with E-state index < -0.39 is 66.5 Å². The number of nitrogens with zero attached hydrogens (tertiary/aromatic N) is 7. The topological polar surface area (TPSA) is 323 Å². The van der Waals surface area contributed by atoms with E-state index in [0.717, 1.165) is 0 Å². The number of rotatable bonds is 10. The van der Waals surface area contributed by atoms with Gasteiger partial charge in [0.1, 0.15) is 60.8 Å². The summed E-state index contributed by atoms with van der Waals surface area (Å²) in [5.41, 5.74) is 23.9. The number of aliphatic hydroxyl groups is 2. The van der Waals surface area contributed by atoms with Crippen molar-refractivity contribution in [1.29, 1.82) is 0 Å². The molecule has 8 atom stereocenters. The standard InChI is InChI=1S/C15H22N6O5.C15H22N6O4/c1-6(2)10(16)14(24)26-7-3-9(25-8(7)4-22)21-5-18-11-12(21)19-15(17)20-13(11)23;1-7(2)11(16)15(23)25-8-3-10(24-9(8)4-22)21-6-20-12-13(17)18-5-19-14(12)21/h5-10,22H,3-4,16H2,1-2H3,(H3,17,19,20,23);5-11,22H,3-4,16H2,1-2H3,(H2,17,18,19)/t7-,8-,9-,10+;8-,9-,10-,11+/m11/s1. The molecule has 2 aliphatic heterocycles. The predicted molar refractivity (Wildman–Crippen MR) is 179 cm³/mol. The number of ether oxygens (including phenoxy) is 4. The maximum atomic E-state index is 12.1. The number of H-pyrrole nitrogens is 1. The van der Waals surface area contributed by atoms with Crippen molar-refractivity contribution in [3.8, 4) is 0 Å². The first kappa shape index (κ1) is 37.5. The van der Waals surface area contributed by atoms with Gasteiger partial charge in [-0.15, -0.1) is 0 Å². The van der Waals surface area contributed by atoms with Gasteiger partial charge < -0.3 is 52.1 Å². The van der Waals surface area contributed by atoms with Crippen molar-refractivity contribution in [2.45, 2.75) is 89.5 Å². The first-order valence-electron chi connectivity index (χ1n) is 16.3. The van der Waals surface area contributed by atoms with Crippen molar-refractivity contribution in [2.75, 3.05) is 24.7 Å². The number of carbonyl (C=O) groups excluding carboxylic acids is 2. The molecule has 2 fully saturated rings.